The number of esters is 1. The van der Waals surface area contributed by atoms with Gasteiger partial charge in [0.25, 0.3) is 0 Å². The maximum atomic E-state index is 11.1. The number of hydrogen-bond donors (Lipinski definition) is 7. The normalized spacial score (nSPS) is 44.9. The quantitative estimate of drug-likeness (QED) is 0.121. The van der Waals surface area contributed by atoms with Crippen molar-refractivity contribution in [2.45, 2.75) is 54.8 Å². The third kappa shape index (κ3) is 4.27. The van der Waals surface area contributed by atoms with Gasteiger partial charge in [0, 0.05) is 0 Å². The van der Waals surface area contributed by atoms with Gasteiger partial charge >= 0.3 is 5.97 Å². The van der Waals surface area contributed by atoms with Gasteiger partial charge in [0.2, 0.25) is 12.1 Å². The molecule has 2 rings (SSSR count). The first-order chi connectivity index (χ1) is 12.7. The van der Waals surface area contributed by atoms with Gasteiger partial charge in [0.15, 0.2) is 6.29 Å². The van der Waals surface area contributed by atoms with Gasteiger partial charge in [-0.15, -0.1) is 0 Å². The number of aldehydes is 1. The Morgan fingerprint density at radius 1 is 0.963 bits per heavy atom. The highest BCUT2D eigenvalue weighted by Gasteiger charge is 2.59. The van der Waals surface area contributed by atoms with Crippen LogP contribution in [0.4, 0.5) is 0 Å². The molecule has 13 heteroatoms. The summed E-state index contributed by atoms with van der Waals surface area (Å²) in [6.07, 6.45) is -13.7. The van der Waals surface area contributed by atoms with E-state index in [0.717, 1.165) is 0 Å². The Bertz CT molecular complexity index is 527. The Morgan fingerprint density at radius 2 is 1.59 bits per heavy atom. The molecule has 0 aromatic carbocycles. The van der Waals surface area contributed by atoms with Crippen molar-refractivity contribution >= 4 is 12.3 Å². The van der Waals surface area contributed by atoms with Crippen molar-refractivity contribution < 1.29 is 64.3 Å². The maximum Gasteiger partial charge on any atom is 0.371 e. The topological polar surface area (TPSA) is 213 Å². The molecular formula is C14H22O13. The van der Waals surface area contributed by atoms with E-state index in [-0.39, 0.29) is 6.29 Å². The van der Waals surface area contributed by atoms with Crippen molar-refractivity contribution in [1.82, 2.24) is 0 Å². The first-order valence-corrected chi connectivity index (χ1v) is 7.95. The van der Waals surface area contributed by atoms with Crippen LogP contribution in [0.1, 0.15) is 0 Å². The first kappa shape index (κ1) is 22.0. The predicted octanol–water partition coefficient (Wildman–Crippen LogP) is -5.65. The molecule has 156 valence electrons. The molecule has 2 heterocycles. The Kier molecular flexibility index (Phi) is 7.20. The van der Waals surface area contributed by atoms with E-state index >= 15 is 0 Å². The summed E-state index contributed by atoms with van der Waals surface area (Å²) in [5.74, 6) is -3.75. The Hall–Kier alpha value is -1.26. The molecule has 2 aliphatic heterocycles. The molecule has 0 radical (unpaired) electrons. The van der Waals surface area contributed by atoms with Crippen LogP contribution in [0.5, 0.6) is 0 Å². The summed E-state index contributed by atoms with van der Waals surface area (Å²) in [5.41, 5.74) is 0. The molecule has 2 saturated heterocycles. The zero-order valence-corrected chi connectivity index (χ0v) is 13.9. The van der Waals surface area contributed by atoms with Crippen molar-refractivity contribution in [3.8, 4) is 0 Å². The molecule has 0 aliphatic carbocycles. The summed E-state index contributed by atoms with van der Waals surface area (Å²) in [6.45, 7) is -2.47. The molecule has 0 bridgehead atoms. The van der Waals surface area contributed by atoms with Gasteiger partial charge in [-0.05, 0) is 0 Å². The summed E-state index contributed by atoms with van der Waals surface area (Å²) >= 11 is 0. The number of aliphatic hydroxyl groups is 7. The number of carbonyl (C=O) groups is 2. The smallest absolute Gasteiger partial charge is 0.371 e. The van der Waals surface area contributed by atoms with E-state index in [2.05, 4.69) is 4.74 Å². The molecule has 0 aromatic heterocycles. The van der Waals surface area contributed by atoms with Gasteiger partial charge in [-0.25, -0.2) is 4.79 Å². The van der Waals surface area contributed by atoms with E-state index in [1.807, 2.05) is 0 Å². The highest BCUT2D eigenvalue weighted by molar-refractivity contribution is 6.20. The third-order valence-corrected chi connectivity index (χ3v) is 4.36. The lowest BCUT2D eigenvalue weighted by Crippen LogP contribution is -2.62. The molecular weight excluding hydrogens is 376 g/mol. The van der Waals surface area contributed by atoms with Gasteiger partial charge < -0.3 is 54.7 Å². The van der Waals surface area contributed by atoms with Crippen molar-refractivity contribution in [2.75, 3.05) is 19.8 Å². The average Bonchev–Trinajstić information content (AvgIpc) is 2.91. The Morgan fingerprint density at radius 3 is 2.11 bits per heavy atom. The van der Waals surface area contributed by atoms with E-state index in [9.17, 15) is 45.3 Å². The molecule has 0 unspecified atom stereocenters. The molecule has 0 amide bonds. The SMILES string of the molecule is O=CC(=O)OC[C@@]1(O[C@H]2O[C@H](CO)[C@@H](O)[C@H](O)[C@H]2O)O[C@H](CO)[C@@H](O)[C@@H]1O. The van der Waals surface area contributed by atoms with Gasteiger partial charge in [0.1, 0.15) is 49.3 Å². The van der Waals surface area contributed by atoms with Crippen LogP contribution in [0, 0.1) is 0 Å². The van der Waals surface area contributed by atoms with E-state index in [1.165, 1.54) is 0 Å². The van der Waals surface area contributed by atoms with Crippen LogP contribution in [-0.2, 0) is 28.5 Å². The Balaban J connectivity index is 2.26. The molecule has 9 atom stereocenters. The van der Waals surface area contributed by atoms with Gasteiger partial charge in [0.05, 0.1) is 13.2 Å². The standard InChI is InChI=1S/C14H22O13/c15-1-5-8(19)10(21)11(22)13(25-5)27-14(4-24-7(18)3-17)12(23)9(20)6(2-16)26-14/h3,5-6,8-13,15-16,19-23H,1-2,4H2/t5-,6-,8-,9-,10+,11-,12+,13-,14+/m1/s1. The highest BCUT2D eigenvalue weighted by atomic mass is 16.8. The number of hydrogen-bond acceptors (Lipinski definition) is 13. The molecule has 2 fully saturated rings. The van der Waals surface area contributed by atoms with E-state index in [4.69, 9.17) is 14.2 Å². The van der Waals surface area contributed by atoms with E-state index < -0.39 is 80.6 Å². The maximum absolute atomic E-state index is 11.1. The van der Waals surface area contributed by atoms with Crippen LogP contribution < -0.4 is 0 Å². The van der Waals surface area contributed by atoms with Gasteiger partial charge in [-0.1, -0.05) is 0 Å². The summed E-state index contributed by atoms with van der Waals surface area (Å²) in [4.78, 5) is 21.5. The number of rotatable bonds is 7. The fraction of sp³-hybridized carbons (Fsp3) is 0.857. The lowest BCUT2D eigenvalue weighted by atomic mass is 9.99. The van der Waals surface area contributed by atoms with Crippen LogP contribution in [0.15, 0.2) is 0 Å². The van der Waals surface area contributed by atoms with Crippen LogP contribution >= 0.6 is 0 Å². The van der Waals surface area contributed by atoms with Crippen molar-refractivity contribution in [1.29, 1.82) is 0 Å². The second kappa shape index (κ2) is 8.83. The summed E-state index contributed by atoms with van der Waals surface area (Å²) < 4.78 is 20.2. The summed E-state index contributed by atoms with van der Waals surface area (Å²) in [5, 5.41) is 68.2. The highest BCUT2D eigenvalue weighted by Crippen LogP contribution is 2.36. The number of aliphatic hydroxyl groups excluding tert-OH is 7. The summed E-state index contributed by atoms with van der Waals surface area (Å²) in [6, 6.07) is 0. The Labute approximate surface area is 152 Å². The van der Waals surface area contributed by atoms with Crippen molar-refractivity contribution in [2.24, 2.45) is 0 Å². The molecule has 7 N–H and O–H groups in total. The second-order valence-electron chi connectivity index (χ2n) is 6.13. The van der Waals surface area contributed by atoms with Crippen LogP contribution in [0.3, 0.4) is 0 Å². The van der Waals surface area contributed by atoms with Crippen molar-refractivity contribution in [3.63, 3.8) is 0 Å². The van der Waals surface area contributed by atoms with E-state index in [0.29, 0.717) is 0 Å². The monoisotopic (exact) mass is 398 g/mol. The second-order valence-corrected chi connectivity index (χ2v) is 6.13. The zero-order valence-electron chi connectivity index (χ0n) is 13.9. The molecule has 27 heavy (non-hydrogen) atoms. The molecule has 0 aromatic rings. The van der Waals surface area contributed by atoms with E-state index in [1.54, 1.807) is 0 Å². The zero-order chi connectivity index (χ0) is 20.4. The molecule has 13 nitrogen and oxygen atoms in total. The largest absolute Gasteiger partial charge is 0.454 e. The average molecular weight is 398 g/mol. The minimum absolute atomic E-state index is 0.178. The lowest BCUT2D eigenvalue weighted by molar-refractivity contribution is -0.383. The number of carbonyl (C=O) groups excluding carboxylic acids is 2. The van der Waals surface area contributed by atoms with Gasteiger partial charge in [-0.3, -0.25) is 4.79 Å². The minimum atomic E-state index is -2.39. The molecule has 0 saturated carbocycles. The lowest BCUT2D eigenvalue weighted by Gasteiger charge is -2.43. The summed E-state index contributed by atoms with van der Waals surface area (Å²) in [7, 11) is 0. The van der Waals surface area contributed by atoms with Crippen molar-refractivity contribution in [3.05, 3.63) is 0 Å². The molecule has 0 spiro atoms. The minimum Gasteiger partial charge on any atom is -0.454 e. The van der Waals surface area contributed by atoms with Crippen LogP contribution in [0.2, 0.25) is 0 Å². The predicted molar refractivity (Wildman–Crippen MR) is 78.6 cm³/mol. The van der Waals surface area contributed by atoms with Gasteiger partial charge in [-0.2, -0.15) is 0 Å². The van der Waals surface area contributed by atoms with Crippen LogP contribution in [-0.4, -0.2) is 123 Å². The fourth-order valence-electron chi connectivity index (χ4n) is 2.82. The first-order valence-electron chi connectivity index (χ1n) is 7.95. The third-order valence-electron chi connectivity index (χ3n) is 4.36. The van der Waals surface area contributed by atoms with Crippen LogP contribution in [0.25, 0.3) is 0 Å². The molecule has 2 aliphatic rings. The fourth-order valence-corrected chi connectivity index (χ4v) is 2.82. The number of ether oxygens (including phenoxy) is 4.